The van der Waals surface area contributed by atoms with Crippen LogP contribution in [0.4, 0.5) is 17.1 Å². The maximum Gasteiger partial charge on any atom is 0.257 e. The molecule has 3 aromatic carbocycles. The molecule has 3 amide bonds. The van der Waals surface area contributed by atoms with E-state index in [1.165, 1.54) is 12.1 Å². The van der Waals surface area contributed by atoms with Crippen molar-refractivity contribution in [3.8, 4) is 0 Å². The quantitative estimate of drug-likeness (QED) is 0.221. The number of anilines is 3. The molecule has 0 aliphatic heterocycles. The van der Waals surface area contributed by atoms with Crippen molar-refractivity contribution in [1.29, 1.82) is 0 Å². The maximum atomic E-state index is 13.1. The summed E-state index contributed by atoms with van der Waals surface area (Å²) in [4.78, 5) is 38.0. The van der Waals surface area contributed by atoms with Crippen LogP contribution in [-0.4, -0.2) is 22.1 Å². The summed E-state index contributed by atoms with van der Waals surface area (Å²) >= 11 is 31.4. The van der Waals surface area contributed by atoms with Gasteiger partial charge in [0.25, 0.3) is 5.91 Å². The standard InChI is InChI=1S/C28H22Cl5N3O3/c29-16-10-15(11-17(30)12-16)24-25(28(24,32)33)27(39)36-20-7-8-22(31)21(13-20)26(38)35-19-5-3-18(4-6-19)34-23(37)9-14-1-2-14/h3-8,10-14,24-25H,1-2,9H2,(H,34,37)(H,35,38)(H,36,39). The van der Waals surface area contributed by atoms with E-state index in [2.05, 4.69) is 16.0 Å². The smallest absolute Gasteiger partial charge is 0.257 e. The molecule has 2 saturated carbocycles. The minimum absolute atomic E-state index is 0.0191. The zero-order chi connectivity index (χ0) is 27.9. The largest absolute Gasteiger partial charge is 0.326 e. The number of nitrogens with one attached hydrogen (secondary N) is 3. The van der Waals surface area contributed by atoms with E-state index in [9.17, 15) is 14.4 Å². The second-order valence-electron chi connectivity index (χ2n) is 9.74. The first-order chi connectivity index (χ1) is 18.5. The first-order valence-electron chi connectivity index (χ1n) is 12.2. The lowest BCUT2D eigenvalue weighted by Crippen LogP contribution is -2.18. The molecule has 2 aliphatic rings. The van der Waals surface area contributed by atoms with Gasteiger partial charge in [0.05, 0.1) is 16.5 Å². The predicted molar refractivity (Wildman–Crippen MR) is 158 cm³/mol. The third-order valence-corrected chi connectivity index (χ3v) is 8.36. The van der Waals surface area contributed by atoms with E-state index in [4.69, 9.17) is 58.0 Å². The Morgan fingerprint density at radius 3 is 1.97 bits per heavy atom. The van der Waals surface area contributed by atoms with Gasteiger partial charge in [-0.1, -0.05) is 34.8 Å². The fraction of sp³-hybridized carbons (Fsp3) is 0.250. The van der Waals surface area contributed by atoms with E-state index in [1.54, 1.807) is 48.5 Å². The molecule has 0 saturated heterocycles. The van der Waals surface area contributed by atoms with Crippen LogP contribution >= 0.6 is 58.0 Å². The topological polar surface area (TPSA) is 87.3 Å². The molecule has 2 fully saturated rings. The third-order valence-electron chi connectivity index (χ3n) is 6.66. The van der Waals surface area contributed by atoms with Gasteiger partial charge < -0.3 is 16.0 Å². The van der Waals surface area contributed by atoms with Gasteiger partial charge in [-0.3, -0.25) is 14.4 Å². The van der Waals surface area contributed by atoms with Gasteiger partial charge >= 0.3 is 0 Å². The van der Waals surface area contributed by atoms with Crippen LogP contribution in [0.5, 0.6) is 0 Å². The van der Waals surface area contributed by atoms with Gasteiger partial charge in [-0.2, -0.15) is 0 Å². The average Bonchev–Trinajstić information content (AvgIpc) is 3.77. The van der Waals surface area contributed by atoms with Gasteiger partial charge in [0, 0.05) is 39.4 Å². The van der Waals surface area contributed by atoms with E-state index in [0.717, 1.165) is 12.8 Å². The molecule has 2 aliphatic carbocycles. The lowest BCUT2D eigenvalue weighted by atomic mass is 10.1. The van der Waals surface area contributed by atoms with Crippen LogP contribution in [0.25, 0.3) is 0 Å². The number of carbonyl (C=O) groups is 3. The van der Waals surface area contributed by atoms with E-state index < -0.39 is 28.0 Å². The Morgan fingerprint density at radius 1 is 0.769 bits per heavy atom. The molecule has 0 spiro atoms. The van der Waals surface area contributed by atoms with Crippen molar-refractivity contribution in [2.24, 2.45) is 11.8 Å². The fourth-order valence-electron chi connectivity index (χ4n) is 4.45. The van der Waals surface area contributed by atoms with E-state index >= 15 is 0 Å². The number of halogens is 5. The summed E-state index contributed by atoms with van der Waals surface area (Å²) in [6.45, 7) is 0. The summed E-state index contributed by atoms with van der Waals surface area (Å²) in [6, 6.07) is 16.3. The van der Waals surface area contributed by atoms with Crippen molar-refractivity contribution in [2.45, 2.75) is 29.5 Å². The molecule has 2 atom stereocenters. The van der Waals surface area contributed by atoms with Crippen LogP contribution in [-0.2, 0) is 9.59 Å². The van der Waals surface area contributed by atoms with Crippen LogP contribution in [0.3, 0.4) is 0 Å². The molecule has 5 rings (SSSR count). The number of hydrogen-bond acceptors (Lipinski definition) is 3. The molecule has 3 N–H and O–H groups in total. The number of amides is 3. The Bertz CT molecular complexity index is 1440. The second-order valence-corrected chi connectivity index (χ2v) is 12.5. The molecule has 6 nitrogen and oxygen atoms in total. The number of alkyl halides is 2. The summed E-state index contributed by atoms with van der Waals surface area (Å²) in [6.07, 6.45) is 2.73. The van der Waals surface area contributed by atoms with E-state index in [0.29, 0.717) is 45.0 Å². The molecule has 0 heterocycles. The fourth-order valence-corrected chi connectivity index (χ4v) is 6.03. The monoisotopic (exact) mass is 623 g/mol. The van der Waals surface area contributed by atoms with Gasteiger partial charge in [-0.15, -0.1) is 23.2 Å². The molecular formula is C28H22Cl5N3O3. The maximum absolute atomic E-state index is 13.1. The highest BCUT2D eigenvalue weighted by Crippen LogP contribution is 2.65. The predicted octanol–water partition coefficient (Wildman–Crippen LogP) is 8.16. The van der Waals surface area contributed by atoms with Crippen LogP contribution in [0, 0.1) is 11.8 Å². The summed E-state index contributed by atoms with van der Waals surface area (Å²) in [7, 11) is 0. The Kier molecular flexibility index (Phi) is 8.05. The lowest BCUT2D eigenvalue weighted by molar-refractivity contribution is -0.117. The van der Waals surface area contributed by atoms with Crippen molar-refractivity contribution in [3.05, 3.63) is 86.9 Å². The van der Waals surface area contributed by atoms with Crippen molar-refractivity contribution >= 4 is 92.8 Å². The first kappa shape index (κ1) is 28.1. The van der Waals surface area contributed by atoms with Crippen LogP contribution < -0.4 is 16.0 Å². The highest BCUT2D eigenvalue weighted by Gasteiger charge is 2.67. The zero-order valence-electron chi connectivity index (χ0n) is 20.2. The van der Waals surface area contributed by atoms with Crippen LogP contribution in [0.2, 0.25) is 15.1 Å². The zero-order valence-corrected chi connectivity index (χ0v) is 24.0. The number of rotatable bonds is 8. The van der Waals surface area contributed by atoms with Crippen molar-refractivity contribution in [1.82, 2.24) is 0 Å². The first-order valence-corrected chi connectivity index (χ1v) is 14.1. The van der Waals surface area contributed by atoms with E-state index in [-0.39, 0.29) is 16.5 Å². The number of carbonyl (C=O) groups excluding carboxylic acids is 3. The summed E-state index contributed by atoms with van der Waals surface area (Å²) in [5.74, 6) is -1.68. The minimum Gasteiger partial charge on any atom is -0.326 e. The molecule has 2 unspecified atom stereocenters. The van der Waals surface area contributed by atoms with Crippen LogP contribution in [0.1, 0.15) is 41.1 Å². The third kappa shape index (κ3) is 6.64. The van der Waals surface area contributed by atoms with Gasteiger partial charge in [0.2, 0.25) is 11.8 Å². The Morgan fingerprint density at radius 2 is 1.36 bits per heavy atom. The van der Waals surface area contributed by atoms with E-state index in [1.807, 2.05) is 0 Å². The highest BCUT2D eigenvalue weighted by molar-refractivity contribution is 6.53. The number of hydrogen-bond donors (Lipinski definition) is 3. The summed E-state index contributed by atoms with van der Waals surface area (Å²) in [5.41, 5.74) is 2.33. The minimum atomic E-state index is -1.34. The molecule has 0 bridgehead atoms. The molecular weight excluding hydrogens is 604 g/mol. The Labute approximate surface area is 250 Å². The van der Waals surface area contributed by atoms with Crippen LogP contribution in [0.15, 0.2) is 60.7 Å². The van der Waals surface area contributed by atoms with Crippen molar-refractivity contribution < 1.29 is 14.4 Å². The lowest BCUT2D eigenvalue weighted by Gasteiger charge is -2.11. The summed E-state index contributed by atoms with van der Waals surface area (Å²) < 4.78 is -1.34. The molecule has 0 aromatic heterocycles. The van der Waals surface area contributed by atoms with Crippen molar-refractivity contribution in [3.63, 3.8) is 0 Å². The van der Waals surface area contributed by atoms with Gasteiger partial charge in [0.15, 0.2) is 0 Å². The normalized spacial score (nSPS) is 19.2. The van der Waals surface area contributed by atoms with Gasteiger partial charge in [-0.05, 0) is 85.0 Å². The average molecular weight is 626 g/mol. The molecule has 202 valence electrons. The molecule has 11 heteroatoms. The molecule has 0 radical (unpaired) electrons. The molecule has 39 heavy (non-hydrogen) atoms. The Balaban J connectivity index is 1.23. The van der Waals surface area contributed by atoms with Gasteiger partial charge in [0.1, 0.15) is 4.33 Å². The highest BCUT2D eigenvalue weighted by atomic mass is 35.5. The number of benzene rings is 3. The van der Waals surface area contributed by atoms with Crippen molar-refractivity contribution in [2.75, 3.05) is 16.0 Å². The Hall–Kier alpha value is -2.48. The molecule has 3 aromatic rings. The SMILES string of the molecule is O=C(CC1CC1)Nc1ccc(NC(=O)c2cc(NC(=O)C3C(c4cc(Cl)cc(Cl)c4)C3(Cl)Cl)ccc2Cl)cc1. The summed E-state index contributed by atoms with van der Waals surface area (Å²) in [5, 5.41) is 9.42. The second kappa shape index (κ2) is 11.2. The van der Waals surface area contributed by atoms with Gasteiger partial charge in [-0.25, -0.2) is 0 Å².